The Hall–Kier alpha value is -1.93. The highest BCUT2D eigenvalue weighted by molar-refractivity contribution is 7.89. The van der Waals surface area contributed by atoms with Gasteiger partial charge in [-0.2, -0.15) is 4.31 Å². The van der Waals surface area contributed by atoms with Crippen LogP contribution in [-0.2, 0) is 14.8 Å². The van der Waals surface area contributed by atoms with Crippen molar-refractivity contribution in [3.8, 4) is 0 Å². The van der Waals surface area contributed by atoms with Crippen molar-refractivity contribution in [3.63, 3.8) is 0 Å². The molecule has 0 bridgehead atoms. The molecule has 1 saturated heterocycles. The minimum Gasteiger partial charge on any atom is -0.481 e. The van der Waals surface area contributed by atoms with Gasteiger partial charge in [0.15, 0.2) is 0 Å². The number of rotatable bonds is 6. The zero-order valence-corrected chi connectivity index (χ0v) is 15.3. The van der Waals surface area contributed by atoms with Crippen molar-refractivity contribution in [2.45, 2.75) is 31.6 Å². The van der Waals surface area contributed by atoms with Crippen molar-refractivity contribution in [1.82, 2.24) is 9.21 Å². The normalized spacial score (nSPS) is 18.4. The summed E-state index contributed by atoms with van der Waals surface area (Å²) in [7, 11) is -3.56. The Bertz CT molecular complexity index is 726. The lowest BCUT2D eigenvalue weighted by molar-refractivity contribution is -0.143. The van der Waals surface area contributed by atoms with Gasteiger partial charge >= 0.3 is 5.97 Å². The van der Waals surface area contributed by atoms with Gasteiger partial charge in [0, 0.05) is 31.7 Å². The molecule has 1 N–H and O–H groups in total. The van der Waals surface area contributed by atoms with Crippen molar-refractivity contribution >= 4 is 21.9 Å². The molecule has 0 aliphatic carbocycles. The van der Waals surface area contributed by atoms with E-state index in [-0.39, 0.29) is 17.3 Å². The second-order valence-corrected chi connectivity index (χ2v) is 7.98. The Balaban J connectivity index is 2.17. The van der Waals surface area contributed by atoms with Crippen LogP contribution in [-0.4, -0.2) is 60.8 Å². The molecule has 7 nitrogen and oxygen atoms in total. The molecule has 1 amide bonds. The molecule has 0 unspecified atom stereocenters. The molecule has 1 aliphatic rings. The van der Waals surface area contributed by atoms with Crippen molar-refractivity contribution in [2.24, 2.45) is 5.92 Å². The lowest BCUT2D eigenvalue weighted by Crippen LogP contribution is -2.42. The van der Waals surface area contributed by atoms with Gasteiger partial charge in [0.05, 0.1) is 10.8 Å². The fourth-order valence-corrected chi connectivity index (χ4v) is 4.49. The molecule has 1 heterocycles. The molecule has 138 valence electrons. The molecule has 0 aromatic heterocycles. The summed E-state index contributed by atoms with van der Waals surface area (Å²) in [6.45, 7) is 5.01. The number of aliphatic carboxylic acids is 1. The summed E-state index contributed by atoms with van der Waals surface area (Å²) >= 11 is 0. The first-order chi connectivity index (χ1) is 11.8. The van der Waals surface area contributed by atoms with Crippen LogP contribution in [0.3, 0.4) is 0 Å². The standard InChI is InChI=1S/C17H24N2O5S/c1-3-19(4-2)25(23,24)15-9-7-13(8-10-15)16(20)18-11-5-6-14(12-18)17(21)22/h7-10,14H,3-6,11-12H2,1-2H3,(H,21,22)/t14-/m0/s1. The zero-order chi connectivity index (χ0) is 18.6. The van der Waals surface area contributed by atoms with Crippen LogP contribution < -0.4 is 0 Å². The number of carboxylic acid groups (broad SMARTS) is 1. The third-order valence-corrected chi connectivity index (χ3v) is 6.57. The third-order valence-electron chi connectivity index (χ3n) is 4.50. The van der Waals surface area contributed by atoms with E-state index in [1.807, 2.05) is 0 Å². The SMILES string of the molecule is CCN(CC)S(=O)(=O)c1ccc(C(=O)N2CCC[C@H](C(=O)O)C2)cc1. The maximum atomic E-state index is 12.5. The van der Waals surface area contributed by atoms with Gasteiger partial charge in [-0.3, -0.25) is 9.59 Å². The summed E-state index contributed by atoms with van der Waals surface area (Å²) in [6.07, 6.45) is 1.22. The number of piperidine rings is 1. The molecule has 1 aliphatic heterocycles. The number of hydrogen-bond acceptors (Lipinski definition) is 4. The number of nitrogens with zero attached hydrogens (tertiary/aromatic N) is 2. The zero-order valence-electron chi connectivity index (χ0n) is 14.5. The maximum absolute atomic E-state index is 12.5. The van der Waals surface area contributed by atoms with Gasteiger partial charge in [-0.1, -0.05) is 13.8 Å². The number of carbonyl (C=O) groups is 2. The van der Waals surface area contributed by atoms with E-state index in [1.165, 1.54) is 33.5 Å². The highest BCUT2D eigenvalue weighted by atomic mass is 32.2. The quantitative estimate of drug-likeness (QED) is 0.824. The van der Waals surface area contributed by atoms with E-state index < -0.39 is 21.9 Å². The van der Waals surface area contributed by atoms with Gasteiger partial charge in [-0.05, 0) is 37.1 Å². The number of hydrogen-bond donors (Lipinski definition) is 1. The Morgan fingerprint density at radius 2 is 1.80 bits per heavy atom. The number of carboxylic acids is 1. The van der Waals surface area contributed by atoms with Gasteiger partial charge < -0.3 is 10.0 Å². The Morgan fingerprint density at radius 1 is 1.20 bits per heavy atom. The van der Waals surface area contributed by atoms with Gasteiger partial charge in [-0.25, -0.2) is 8.42 Å². The summed E-state index contributed by atoms with van der Waals surface area (Å²) in [5.41, 5.74) is 0.365. The minimum atomic E-state index is -3.56. The molecule has 0 spiro atoms. The molecular weight excluding hydrogens is 344 g/mol. The summed E-state index contributed by atoms with van der Waals surface area (Å²) in [4.78, 5) is 25.3. The Labute approximate surface area is 148 Å². The van der Waals surface area contributed by atoms with Crippen LogP contribution in [0.2, 0.25) is 0 Å². The second-order valence-electron chi connectivity index (χ2n) is 6.04. The van der Waals surface area contributed by atoms with E-state index in [0.29, 0.717) is 38.0 Å². The lowest BCUT2D eigenvalue weighted by Gasteiger charge is -2.30. The average molecular weight is 368 g/mol. The van der Waals surface area contributed by atoms with E-state index in [4.69, 9.17) is 5.11 Å². The summed E-state index contributed by atoms with van der Waals surface area (Å²) in [5, 5.41) is 9.12. The van der Waals surface area contributed by atoms with Crippen molar-refractivity contribution in [1.29, 1.82) is 0 Å². The van der Waals surface area contributed by atoms with Gasteiger partial charge in [0.2, 0.25) is 10.0 Å². The fourth-order valence-electron chi connectivity index (χ4n) is 3.03. The van der Waals surface area contributed by atoms with E-state index in [2.05, 4.69) is 0 Å². The van der Waals surface area contributed by atoms with Crippen molar-refractivity contribution in [3.05, 3.63) is 29.8 Å². The molecule has 8 heteroatoms. The largest absolute Gasteiger partial charge is 0.481 e. The predicted molar refractivity (Wildman–Crippen MR) is 92.8 cm³/mol. The number of likely N-dealkylation sites (tertiary alicyclic amines) is 1. The summed E-state index contributed by atoms with van der Waals surface area (Å²) < 4.78 is 26.3. The van der Waals surface area contributed by atoms with Crippen LogP contribution >= 0.6 is 0 Å². The van der Waals surface area contributed by atoms with E-state index in [1.54, 1.807) is 13.8 Å². The number of benzene rings is 1. The van der Waals surface area contributed by atoms with Crippen LogP contribution in [0.25, 0.3) is 0 Å². The van der Waals surface area contributed by atoms with Crippen molar-refractivity contribution in [2.75, 3.05) is 26.2 Å². The predicted octanol–water partition coefficient (Wildman–Crippen LogP) is 1.65. The number of amides is 1. The number of sulfonamides is 1. The lowest BCUT2D eigenvalue weighted by atomic mass is 9.97. The molecule has 0 saturated carbocycles. The molecule has 1 aromatic carbocycles. The van der Waals surface area contributed by atoms with Crippen molar-refractivity contribution < 1.29 is 23.1 Å². The molecule has 0 radical (unpaired) electrons. The molecule has 2 rings (SSSR count). The Morgan fingerprint density at radius 3 is 2.32 bits per heavy atom. The number of carbonyl (C=O) groups excluding carboxylic acids is 1. The maximum Gasteiger partial charge on any atom is 0.308 e. The van der Waals surface area contributed by atoms with Crippen LogP contribution in [0.5, 0.6) is 0 Å². The minimum absolute atomic E-state index is 0.148. The van der Waals surface area contributed by atoms with Crippen LogP contribution in [0.4, 0.5) is 0 Å². The van der Waals surface area contributed by atoms with E-state index in [0.717, 1.165) is 0 Å². The highest BCUT2D eigenvalue weighted by Crippen LogP contribution is 2.21. The third kappa shape index (κ3) is 4.19. The summed E-state index contributed by atoms with van der Waals surface area (Å²) in [5.74, 6) is -1.70. The second kappa shape index (κ2) is 7.97. The summed E-state index contributed by atoms with van der Waals surface area (Å²) in [6, 6.07) is 5.84. The van der Waals surface area contributed by atoms with Crippen LogP contribution in [0.15, 0.2) is 29.2 Å². The molecule has 1 aromatic rings. The molecule has 1 atom stereocenters. The van der Waals surface area contributed by atoms with E-state index in [9.17, 15) is 18.0 Å². The van der Waals surface area contributed by atoms with E-state index >= 15 is 0 Å². The molecule has 25 heavy (non-hydrogen) atoms. The monoisotopic (exact) mass is 368 g/mol. The first-order valence-corrected chi connectivity index (χ1v) is 9.87. The topological polar surface area (TPSA) is 95.0 Å². The highest BCUT2D eigenvalue weighted by Gasteiger charge is 2.29. The van der Waals surface area contributed by atoms with Gasteiger partial charge in [0.25, 0.3) is 5.91 Å². The molecular formula is C17H24N2O5S. The first-order valence-electron chi connectivity index (χ1n) is 8.43. The Kier molecular flexibility index (Phi) is 6.18. The fraction of sp³-hybridized carbons (Fsp3) is 0.529. The average Bonchev–Trinajstić information content (AvgIpc) is 2.62. The van der Waals surface area contributed by atoms with Crippen LogP contribution in [0, 0.1) is 5.92 Å². The van der Waals surface area contributed by atoms with Crippen LogP contribution in [0.1, 0.15) is 37.0 Å². The van der Waals surface area contributed by atoms with Gasteiger partial charge in [-0.15, -0.1) is 0 Å². The smallest absolute Gasteiger partial charge is 0.308 e. The molecule has 1 fully saturated rings. The first kappa shape index (κ1) is 19.4. The van der Waals surface area contributed by atoms with Gasteiger partial charge in [0.1, 0.15) is 0 Å².